The number of benzene rings is 1. The molecule has 0 radical (unpaired) electrons. The molecule has 1 aliphatic rings. The van der Waals surface area contributed by atoms with Crippen molar-refractivity contribution >= 4 is 5.91 Å². The van der Waals surface area contributed by atoms with Crippen LogP contribution in [-0.2, 0) is 4.79 Å². The van der Waals surface area contributed by atoms with Gasteiger partial charge in [-0.1, -0.05) is 26.0 Å². The molecular weight excluding hydrogens is 255 g/mol. The molecule has 20 heavy (non-hydrogen) atoms. The Bertz CT molecular complexity index is 458. The third-order valence-corrected chi connectivity index (χ3v) is 3.76. The third kappa shape index (κ3) is 3.37. The molecule has 4 heteroatoms. The molecule has 2 rings (SSSR count). The van der Waals surface area contributed by atoms with Gasteiger partial charge in [-0.3, -0.25) is 4.79 Å². The standard InChI is InChI=1S/C16H23FN2O/c1-11(2)10-19-15(20)5-3-4-14(18)16(19)12-6-8-13(17)9-7-12/h6-9,11,14,16H,3-5,10,18H2,1-2H3. The summed E-state index contributed by atoms with van der Waals surface area (Å²) in [5, 5.41) is 0. The van der Waals surface area contributed by atoms with Crippen LogP contribution in [-0.4, -0.2) is 23.4 Å². The SMILES string of the molecule is CC(C)CN1C(=O)CCCC(N)C1c1ccc(F)cc1. The Labute approximate surface area is 120 Å². The highest BCUT2D eigenvalue weighted by molar-refractivity contribution is 5.77. The van der Waals surface area contributed by atoms with Gasteiger partial charge in [0.2, 0.25) is 5.91 Å². The predicted octanol–water partition coefficient (Wildman–Crippen LogP) is 2.86. The number of rotatable bonds is 3. The van der Waals surface area contributed by atoms with Gasteiger partial charge in [0.25, 0.3) is 0 Å². The lowest BCUT2D eigenvalue weighted by atomic mass is 9.95. The van der Waals surface area contributed by atoms with E-state index in [-0.39, 0.29) is 23.8 Å². The van der Waals surface area contributed by atoms with Crippen molar-refractivity contribution in [3.8, 4) is 0 Å². The van der Waals surface area contributed by atoms with Gasteiger partial charge in [0.1, 0.15) is 5.82 Å². The topological polar surface area (TPSA) is 46.3 Å². The first-order valence-corrected chi connectivity index (χ1v) is 7.29. The molecule has 2 atom stereocenters. The van der Waals surface area contributed by atoms with E-state index in [2.05, 4.69) is 13.8 Å². The maximum atomic E-state index is 13.1. The number of nitrogens with two attached hydrogens (primary N) is 1. The summed E-state index contributed by atoms with van der Waals surface area (Å²) in [6.07, 6.45) is 2.20. The van der Waals surface area contributed by atoms with Gasteiger partial charge in [-0.05, 0) is 36.5 Å². The second-order valence-electron chi connectivity index (χ2n) is 5.99. The summed E-state index contributed by atoms with van der Waals surface area (Å²) in [6, 6.07) is 6.12. The van der Waals surface area contributed by atoms with E-state index in [1.54, 1.807) is 12.1 Å². The van der Waals surface area contributed by atoms with E-state index < -0.39 is 0 Å². The Kier molecular flexibility index (Phi) is 4.76. The number of amides is 1. The van der Waals surface area contributed by atoms with Crippen LogP contribution < -0.4 is 5.73 Å². The molecule has 0 bridgehead atoms. The van der Waals surface area contributed by atoms with Gasteiger partial charge in [-0.2, -0.15) is 0 Å². The summed E-state index contributed by atoms with van der Waals surface area (Å²) in [4.78, 5) is 14.2. The Morgan fingerprint density at radius 3 is 2.60 bits per heavy atom. The molecular formula is C16H23FN2O. The molecule has 1 amide bonds. The van der Waals surface area contributed by atoms with Gasteiger partial charge in [0.05, 0.1) is 6.04 Å². The van der Waals surface area contributed by atoms with Crippen LogP contribution in [0.2, 0.25) is 0 Å². The Morgan fingerprint density at radius 2 is 2.00 bits per heavy atom. The average molecular weight is 278 g/mol. The monoisotopic (exact) mass is 278 g/mol. The van der Waals surface area contributed by atoms with Gasteiger partial charge in [-0.15, -0.1) is 0 Å². The lowest BCUT2D eigenvalue weighted by Gasteiger charge is -2.35. The summed E-state index contributed by atoms with van der Waals surface area (Å²) in [7, 11) is 0. The van der Waals surface area contributed by atoms with Gasteiger partial charge < -0.3 is 10.6 Å². The maximum absolute atomic E-state index is 13.1. The molecule has 3 nitrogen and oxygen atoms in total. The zero-order chi connectivity index (χ0) is 14.7. The van der Waals surface area contributed by atoms with Crippen molar-refractivity contribution in [2.75, 3.05) is 6.54 Å². The molecule has 1 aliphatic heterocycles. The second-order valence-corrected chi connectivity index (χ2v) is 5.99. The summed E-state index contributed by atoms with van der Waals surface area (Å²) in [6.45, 7) is 4.87. The molecule has 1 aromatic rings. The number of likely N-dealkylation sites (tertiary alicyclic amines) is 1. The molecule has 2 N–H and O–H groups in total. The van der Waals surface area contributed by atoms with E-state index in [1.165, 1.54) is 12.1 Å². The van der Waals surface area contributed by atoms with Crippen LogP contribution in [0.25, 0.3) is 0 Å². The minimum atomic E-state index is -0.266. The van der Waals surface area contributed by atoms with Crippen LogP contribution >= 0.6 is 0 Å². The number of hydrogen-bond acceptors (Lipinski definition) is 2. The molecule has 2 unspecified atom stereocenters. The zero-order valence-corrected chi connectivity index (χ0v) is 12.2. The smallest absolute Gasteiger partial charge is 0.223 e. The highest BCUT2D eigenvalue weighted by Gasteiger charge is 2.32. The largest absolute Gasteiger partial charge is 0.334 e. The number of carbonyl (C=O) groups is 1. The van der Waals surface area contributed by atoms with Gasteiger partial charge in [-0.25, -0.2) is 4.39 Å². The zero-order valence-electron chi connectivity index (χ0n) is 12.2. The molecule has 1 saturated heterocycles. The second kappa shape index (κ2) is 6.35. The highest BCUT2D eigenvalue weighted by atomic mass is 19.1. The van der Waals surface area contributed by atoms with E-state index in [1.807, 2.05) is 4.90 Å². The molecule has 110 valence electrons. The van der Waals surface area contributed by atoms with E-state index in [9.17, 15) is 9.18 Å². The van der Waals surface area contributed by atoms with Crippen molar-refractivity contribution in [2.45, 2.75) is 45.2 Å². The van der Waals surface area contributed by atoms with E-state index in [4.69, 9.17) is 5.73 Å². The van der Waals surface area contributed by atoms with Crippen LogP contribution in [0.1, 0.15) is 44.7 Å². The Hall–Kier alpha value is -1.42. The fraction of sp³-hybridized carbons (Fsp3) is 0.562. The van der Waals surface area contributed by atoms with E-state index >= 15 is 0 Å². The van der Waals surface area contributed by atoms with Crippen molar-refractivity contribution in [1.29, 1.82) is 0 Å². The first-order valence-electron chi connectivity index (χ1n) is 7.29. The lowest BCUT2D eigenvalue weighted by molar-refractivity contribution is -0.133. The third-order valence-electron chi connectivity index (χ3n) is 3.76. The highest BCUT2D eigenvalue weighted by Crippen LogP contribution is 2.30. The van der Waals surface area contributed by atoms with Crippen LogP contribution in [0, 0.1) is 11.7 Å². The minimum Gasteiger partial charge on any atom is -0.334 e. The minimum absolute atomic E-state index is 0.0920. The Balaban J connectivity index is 2.35. The normalized spacial score (nSPS) is 24.1. The fourth-order valence-corrected chi connectivity index (χ4v) is 2.87. The van der Waals surface area contributed by atoms with Crippen molar-refractivity contribution in [3.05, 3.63) is 35.6 Å². The molecule has 0 spiro atoms. The first kappa shape index (κ1) is 15.0. The van der Waals surface area contributed by atoms with Crippen LogP contribution in [0.5, 0.6) is 0 Å². The number of halogens is 1. The molecule has 0 aromatic heterocycles. The van der Waals surface area contributed by atoms with Crippen LogP contribution in [0.4, 0.5) is 4.39 Å². The fourth-order valence-electron chi connectivity index (χ4n) is 2.87. The summed E-state index contributed by atoms with van der Waals surface area (Å²) in [5.74, 6) is 0.269. The van der Waals surface area contributed by atoms with Crippen molar-refractivity contribution in [2.24, 2.45) is 11.7 Å². The number of carbonyl (C=O) groups excluding carboxylic acids is 1. The van der Waals surface area contributed by atoms with Crippen molar-refractivity contribution in [1.82, 2.24) is 4.90 Å². The van der Waals surface area contributed by atoms with Gasteiger partial charge >= 0.3 is 0 Å². The Morgan fingerprint density at radius 1 is 1.35 bits per heavy atom. The molecule has 0 saturated carbocycles. The first-order chi connectivity index (χ1) is 9.49. The van der Waals surface area contributed by atoms with Crippen LogP contribution in [0.3, 0.4) is 0 Å². The quantitative estimate of drug-likeness (QED) is 0.924. The number of hydrogen-bond donors (Lipinski definition) is 1. The summed E-state index contributed by atoms with van der Waals surface area (Å²) < 4.78 is 13.1. The molecule has 1 heterocycles. The molecule has 0 aliphatic carbocycles. The lowest BCUT2D eigenvalue weighted by Crippen LogP contribution is -2.43. The summed E-state index contributed by atoms with van der Waals surface area (Å²) >= 11 is 0. The predicted molar refractivity (Wildman–Crippen MR) is 77.5 cm³/mol. The number of nitrogens with zero attached hydrogens (tertiary/aromatic N) is 1. The van der Waals surface area contributed by atoms with Gasteiger partial charge in [0.15, 0.2) is 0 Å². The van der Waals surface area contributed by atoms with E-state index in [0.717, 1.165) is 18.4 Å². The van der Waals surface area contributed by atoms with Gasteiger partial charge in [0, 0.05) is 19.0 Å². The summed E-state index contributed by atoms with van der Waals surface area (Å²) in [5.41, 5.74) is 7.22. The van der Waals surface area contributed by atoms with Crippen LogP contribution in [0.15, 0.2) is 24.3 Å². The molecule has 1 aromatic carbocycles. The van der Waals surface area contributed by atoms with E-state index in [0.29, 0.717) is 18.9 Å². The van der Waals surface area contributed by atoms with Crippen molar-refractivity contribution in [3.63, 3.8) is 0 Å². The van der Waals surface area contributed by atoms with Crippen molar-refractivity contribution < 1.29 is 9.18 Å². The average Bonchev–Trinajstić information content (AvgIpc) is 2.51. The molecule has 1 fully saturated rings. The maximum Gasteiger partial charge on any atom is 0.223 e.